The Morgan fingerprint density at radius 3 is 2.52 bits per heavy atom. The van der Waals surface area contributed by atoms with E-state index in [-0.39, 0.29) is 18.0 Å². The van der Waals surface area contributed by atoms with Crippen LogP contribution in [0.4, 0.5) is 22.9 Å². The summed E-state index contributed by atoms with van der Waals surface area (Å²) in [6.07, 6.45) is 5.55. The van der Waals surface area contributed by atoms with Crippen LogP contribution < -0.4 is 15.1 Å². The molecule has 2 aromatic heterocycles. The number of rotatable bonds is 5. The van der Waals surface area contributed by atoms with Crippen molar-refractivity contribution in [2.24, 2.45) is 0 Å². The normalized spacial score (nSPS) is 16.3. The average molecular weight is 419 g/mol. The number of benzene rings is 1. The van der Waals surface area contributed by atoms with Gasteiger partial charge in [-0.15, -0.1) is 0 Å². The predicted molar refractivity (Wildman–Crippen MR) is 126 cm³/mol. The molecule has 0 fully saturated rings. The molecule has 1 aromatic carbocycles. The predicted octanol–water partition coefficient (Wildman–Crippen LogP) is 4.85. The third-order valence-electron chi connectivity index (χ3n) is 5.83. The highest BCUT2D eigenvalue weighted by Gasteiger charge is 2.34. The maximum absolute atomic E-state index is 12.7. The topological polar surface area (TPSA) is 66.3 Å². The number of hydrogen-bond acceptors (Lipinski definition) is 5. The van der Waals surface area contributed by atoms with Crippen LogP contribution in [0.5, 0.6) is 0 Å². The molecule has 31 heavy (non-hydrogen) atoms. The van der Waals surface area contributed by atoms with Crippen molar-refractivity contribution in [2.45, 2.75) is 52.7 Å². The lowest BCUT2D eigenvalue weighted by Gasteiger charge is -2.42. The molecular formula is C24H30N6O. The summed E-state index contributed by atoms with van der Waals surface area (Å²) in [5.41, 5.74) is 5.02. The number of carbonyl (C=O) groups is 1. The van der Waals surface area contributed by atoms with Gasteiger partial charge < -0.3 is 19.7 Å². The van der Waals surface area contributed by atoms with Crippen molar-refractivity contribution in [3.63, 3.8) is 0 Å². The van der Waals surface area contributed by atoms with Gasteiger partial charge in [-0.2, -0.15) is 0 Å². The standard InChI is InChI=1S/C24H30N6O/c1-15(2)29-14-25-13-22(29)18-9-10-26-23(11-18)27-19-7-8-20-21(12-19)30(16(3)4)17(5)24(31)28(20)6/h7-17H,1-6H3,(H,26,27). The zero-order valence-electron chi connectivity index (χ0n) is 19.0. The van der Waals surface area contributed by atoms with E-state index < -0.39 is 0 Å². The summed E-state index contributed by atoms with van der Waals surface area (Å²) in [7, 11) is 1.84. The summed E-state index contributed by atoms with van der Waals surface area (Å²) < 4.78 is 2.15. The number of likely N-dealkylation sites (N-methyl/N-ethyl adjacent to an activating group) is 1. The van der Waals surface area contributed by atoms with E-state index in [0.29, 0.717) is 6.04 Å². The summed E-state index contributed by atoms with van der Waals surface area (Å²) >= 11 is 0. The number of hydrogen-bond donors (Lipinski definition) is 1. The van der Waals surface area contributed by atoms with Crippen molar-refractivity contribution in [1.29, 1.82) is 0 Å². The second-order valence-corrected chi connectivity index (χ2v) is 8.61. The lowest BCUT2D eigenvalue weighted by molar-refractivity contribution is -0.119. The Morgan fingerprint density at radius 1 is 1.03 bits per heavy atom. The van der Waals surface area contributed by atoms with Crippen molar-refractivity contribution in [2.75, 3.05) is 22.2 Å². The number of anilines is 4. The molecule has 1 aliphatic rings. The van der Waals surface area contributed by atoms with E-state index in [1.54, 1.807) is 4.90 Å². The minimum absolute atomic E-state index is 0.109. The smallest absolute Gasteiger partial charge is 0.249 e. The van der Waals surface area contributed by atoms with E-state index in [9.17, 15) is 4.79 Å². The Bertz CT molecular complexity index is 1100. The highest BCUT2D eigenvalue weighted by Crippen LogP contribution is 2.39. The number of fused-ring (bicyclic) bond motifs is 1. The van der Waals surface area contributed by atoms with Gasteiger partial charge in [-0.1, -0.05) is 0 Å². The van der Waals surface area contributed by atoms with Crippen LogP contribution in [-0.2, 0) is 4.79 Å². The lowest BCUT2D eigenvalue weighted by Crippen LogP contribution is -2.53. The molecule has 1 atom stereocenters. The number of aromatic nitrogens is 3. The van der Waals surface area contributed by atoms with Crippen molar-refractivity contribution in [1.82, 2.24) is 14.5 Å². The molecule has 1 unspecified atom stereocenters. The molecule has 0 radical (unpaired) electrons. The van der Waals surface area contributed by atoms with Gasteiger partial charge >= 0.3 is 0 Å². The first-order chi connectivity index (χ1) is 14.8. The van der Waals surface area contributed by atoms with Crippen LogP contribution in [0.25, 0.3) is 11.3 Å². The molecule has 0 aliphatic carbocycles. The fourth-order valence-corrected chi connectivity index (χ4v) is 4.29. The number of nitrogens with zero attached hydrogens (tertiary/aromatic N) is 5. The van der Waals surface area contributed by atoms with Crippen LogP contribution in [0.3, 0.4) is 0 Å². The second-order valence-electron chi connectivity index (χ2n) is 8.61. The lowest BCUT2D eigenvalue weighted by atomic mass is 10.0. The van der Waals surface area contributed by atoms with Crippen LogP contribution in [0, 0.1) is 0 Å². The summed E-state index contributed by atoms with van der Waals surface area (Å²) in [6.45, 7) is 10.5. The molecule has 0 bridgehead atoms. The third-order valence-corrected chi connectivity index (χ3v) is 5.83. The van der Waals surface area contributed by atoms with Crippen molar-refractivity contribution in [3.8, 4) is 11.3 Å². The van der Waals surface area contributed by atoms with Gasteiger partial charge in [0, 0.05) is 36.6 Å². The molecule has 4 rings (SSSR count). The van der Waals surface area contributed by atoms with E-state index in [2.05, 4.69) is 58.5 Å². The number of nitrogens with one attached hydrogen (secondary N) is 1. The number of carbonyl (C=O) groups excluding carboxylic acids is 1. The monoisotopic (exact) mass is 418 g/mol. The van der Waals surface area contributed by atoms with E-state index in [0.717, 1.165) is 34.1 Å². The van der Waals surface area contributed by atoms with E-state index >= 15 is 0 Å². The third kappa shape index (κ3) is 3.76. The summed E-state index contributed by atoms with van der Waals surface area (Å²) in [5, 5.41) is 3.43. The number of amides is 1. The quantitative estimate of drug-likeness (QED) is 0.642. The largest absolute Gasteiger partial charge is 0.356 e. The molecule has 3 aromatic rings. The Hall–Kier alpha value is -3.35. The first-order valence-electron chi connectivity index (χ1n) is 10.7. The highest BCUT2D eigenvalue weighted by molar-refractivity contribution is 6.05. The fourth-order valence-electron chi connectivity index (χ4n) is 4.29. The van der Waals surface area contributed by atoms with Gasteiger partial charge in [-0.25, -0.2) is 9.97 Å². The molecule has 7 nitrogen and oxygen atoms in total. The Labute approximate surface area is 183 Å². The first-order valence-corrected chi connectivity index (χ1v) is 10.7. The fraction of sp³-hybridized carbons (Fsp3) is 0.375. The molecule has 0 spiro atoms. The minimum Gasteiger partial charge on any atom is -0.356 e. The Balaban J connectivity index is 1.67. The summed E-state index contributed by atoms with van der Waals surface area (Å²) in [4.78, 5) is 25.4. The van der Waals surface area contributed by atoms with Crippen LogP contribution >= 0.6 is 0 Å². The highest BCUT2D eigenvalue weighted by atomic mass is 16.2. The first kappa shape index (κ1) is 20.9. The van der Waals surface area contributed by atoms with E-state index in [1.807, 2.05) is 57.0 Å². The Kier molecular flexibility index (Phi) is 5.43. The molecule has 1 amide bonds. The van der Waals surface area contributed by atoms with E-state index in [4.69, 9.17) is 0 Å². The molecule has 1 aliphatic heterocycles. The summed E-state index contributed by atoms with van der Waals surface area (Å²) in [6, 6.07) is 10.4. The average Bonchev–Trinajstić information content (AvgIpc) is 3.22. The van der Waals surface area contributed by atoms with Crippen LogP contribution in [0.1, 0.15) is 40.7 Å². The maximum Gasteiger partial charge on any atom is 0.249 e. The van der Waals surface area contributed by atoms with Crippen LogP contribution in [-0.4, -0.2) is 39.6 Å². The minimum atomic E-state index is -0.203. The van der Waals surface area contributed by atoms with Crippen molar-refractivity contribution >= 4 is 28.8 Å². The maximum atomic E-state index is 12.7. The summed E-state index contributed by atoms with van der Waals surface area (Å²) in [5.74, 6) is 0.872. The van der Waals surface area contributed by atoms with Gasteiger partial charge in [0.15, 0.2) is 0 Å². The zero-order chi connectivity index (χ0) is 22.3. The van der Waals surface area contributed by atoms with Crippen LogP contribution in [0.2, 0.25) is 0 Å². The van der Waals surface area contributed by atoms with Crippen molar-refractivity contribution < 1.29 is 4.79 Å². The van der Waals surface area contributed by atoms with Gasteiger partial charge in [0.05, 0.1) is 29.6 Å². The second kappa shape index (κ2) is 8.06. The molecule has 162 valence electrons. The van der Waals surface area contributed by atoms with Gasteiger partial charge in [-0.05, 0) is 65.0 Å². The molecule has 7 heteroatoms. The van der Waals surface area contributed by atoms with E-state index in [1.165, 1.54) is 0 Å². The van der Waals surface area contributed by atoms with Gasteiger partial charge in [0.1, 0.15) is 11.9 Å². The molecule has 3 heterocycles. The number of pyridine rings is 1. The van der Waals surface area contributed by atoms with Crippen LogP contribution in [0.15, 0.2) is 49.1 Å². The Morgan fingerprint density at radius 2 is 1.81 bits per heavy atom. The van der Waals surface area contributed by atoms with Gasteiger partial charge in [-0.3, -0.25) is 4.79 Å². The SMILES string of the molecule is CC(C)N1c2cc(Nc3cc(-c4cncn4C(C)C)ccn3)ccc2N(C)C(=O)C1C. The molecular weight excluding hydrogens is 388 g/mol. The molecule has 1 N–H and O–H groups in total. The van der Waals surface area contributed by atoms with Gasteiger partial charge in [0.2, 0.25) is 5.91 Å². The zero-order valence-corrected chi connectivity index (χ0v) is 19.0. The van der Waals surface area contributed by atoms with Gasteiger partial charge in [0.25, 0.3) is 0 Å². The molecule has 0 saturated heterocycles. The van der Waals surface area contributed by atoms with Crippen molar-refractivity contribution in [3.05, 3.63) is 49.1 Å². The molecule has 0 saturated carbocycles. The number of imidazole rings is 1.